The fraction of sp³-hybridized carbons (Fsp3) is 0.474. The maximum Gasteiger partial charge on any atom is 0.265 e. The number of benzene rings is 1. The third-order valence-corrected chi connectivity index (χ3v) is 8.28. The van der Waals surface area contributed by atoms with Crippen LogP contribution in [0.1, 0.15) is 21.8 Å². The van der Waals surface area contributed by atoms with Gasteiger partial charge in [-0.05, 0) is 13.3 Å². The summed E-state index contributed by atoms with van der Waals surface area (Å²) in [7, 11) is -2.88. The summed E-state index contributed by atoms with van der Waals surface area (Å²) >= 11 is 1.44. The van der Waals surface area contributed by atoms with Gasteiger partial charge in [-0.2, -0.15) is 0 Å². The number of rotatable bonds is 3. The Morgan fingerprint density at radius 1 is 1.15 bits per heavy atom. The number of sulfone groups is 1. The molecule has 1 amide bonds. The minimum Gasteiger partial charge on any atom is -0.335 e. The predicted octanol–water partition coefficient (Wildman–Crippen LogP) is 2.06. The highest BCUT2D eigenvalue weighted by Gasteiger charge is 2.34. The van der Waals surface area contributed by atoms with Crippen molar-refractivity contribution >= 4 is 27.1 Å². The van der Waals surface area contributed by atoms with Gasteiger partial charge < -0.3 is 4.90 Å². The lowest BCUT2D eigenvalue weighted by molar-refractivity contribution is 0.0591. The Balaban J connectivity index is 1.42. The average molecular weight is 406 g/mol. The van der Waals surface area contributed by atoms with Crippen LogP contribution in [0, 0.1) is 6.92 Å². The summed E-state index contributed by atoms with van der Waals surface area (Å²) < 4.78 is 23.4. The molecule has 0 saturated carbocycles. The van der Waals surface area contributed by atoms with Crippen LogP contribution in [0.2, 0.25) is 0 Å². The van der Waals surface area contributed by atoms with E-state index in [4.69, 9.17) is 0 Å². The first-order valence-corrected chi connectivity index (χ1v) is 11.8. The van der Waals surface area contributed by atoms with Crippen LogP contribution < -0.4 is 0 Å². The van der Waals surface area contributed by atoms with Gasteiger partial charge in [-0.3, -0.25) is 9.69 Å². The number of aryl methyl sites for hydroxylation is 1. The molecule has 2 saturated heterocycles. The van der Waals surface area contributed by atoms with Crippen molar-refractivity contribution < 1.29 is 13.2 Å². The molecule has 2 aromatic rings. The second-order valence-electron chi connectivity index (χ2n) is 7.18. The standard InChI is InChI=1S/C19H23N3O3S2/c1-14-17(26-18(20-14)15-5-3-2-4-6-15)19(23)22-10-8-21(9-11-22)16-7-12-27(24,25)13-16/h2-6,16H,7-13H2,1H3/t16-/m0/s1. The van der Waals surface area contributed by atoms with E-state index in [9.17, 15) is 13.2 Å². The Hall–Kier alpha value is -1.77. The lowest BCUT2D eigenvalue weighted by atomic mass is 10.2. The van der Waals surface area contributed by atoms with Gasteiger partial charge in [0.25, 0.3) is 5.91 Å². The molecule has 1 aromatic heterocycles. The zero-order chi connectivity index (χ0) is 19.0. The smallest absolute Gasteiger partial charge is 0.265 e. The molecule has 0 spiro atoms. The molecule has 27 heavy (non-hydrogen) atoms. The van der Waals surface area contributed by atoms with E-state index in [0.29, 0.717) is 30.1 Å². The van der Waals surface area contributed by atoms with E-state index in [1.165, 1.54) is 11.3 Å². The third kappa shape index (κ3) is 3.93. The molecule has 6 nitrogen and oxygen atoms in total. The summed E-state index contributed by atoms with van der Waals surface area (Å²) in [5, 5.41) is 0.867. The molecule has 8 heteroatoms. The van der Waals surface area contributed by atoms with E-state index in [-0.39, 0.29) is 17.7 Å². The first kappa shape index (κ1) is 18.6. The number of aromatic nitrogens is 1. The van der Waals surface area contributed by atoms with Crippen molar-refractivity contribution in [2.75, 3.05) is 37.7 Å². The molecule has 1 atom stereocenters. The molecule has 0 radical (unpaired) electrons. The highest BCUT2D eigenvalue weighted by atomic mass is 32.2. The van der Waals surface area contributed by atoms with E-state index >= 15 is 0 Å². The minimum absolute atomic E-state index is 0.0332. The van der Waals surface area contributed by atoms with E-state index in [0.717, 1.165) is 29.4 Å². The summed E-state index contributed by atoms with van der Waals surface area (Å²) in [4.78, 5) is 22.4. The molecule has 2 aliphatic heterocycles. The van der Waals surface area contributed by atoms with E-state index in [1.807, 2.05) is 42.2 Å². The number of hydrogen-bond donors (Lipinski definition) is 0. The van der Waals surface area contributed by atoms with Crippen LogP contribution in [-0.4, -0.2) is 72.8 Å². The van der Waals surface area contributed by atoms with Gasteiger partial charge in [0.15, 0.2) is 9.84 Å². The summed E-state index contributed by atoms with van der Waals surface area (Å²) in [6.45, 7) is 4.61. The Labute approximate surface area is 163 Å². The number of amides is 1. The van der Waals surface area contributed by atoms with Crippen LogP contribution >= 0.6 is 11.3 Å². The largest absolute Gasteiger partial charge is 0.335 e. The van der Waals surface area contributed by atoms with Crippen molar-refractivity contribution in [3.05, 3.63) is 40.9 Å². The monoisotopic (exact) mass is 405 g/mol. The number of hydrogen-bond acceptors (Lipinski definition) is 6. The molecule has 0 aliphatic carbocycles. The summed E-state index contributed by atoms with van der Waals surface area (Å²) in [6, 6.07) is 10.0. The van der Waals surface area contributed by atoms with Crippen LogP contribution in [0.15, 0.2) is 30.3 Å². The average Bonchev–Trinajstić information content (AvgIpc) is 3.24. The molecule has 0 bridgehead atoms. The Morgan fingerprint density at radius 2 is 1.85 bits per heavy atom. The molecule has 2 fully saturated rings. The molecular weight excluding hydrogens is 382 g/mol. The third-order valence-electron chi connectivity index (χ3n) is 5.34. The van der Waals surface area contributed by atoms with Gasteiger partial charge in [0.2, 0.25) is 0 Å². The number of nitrogens with zero attached hydrogens (tertiary/aromatic N) is 3. The molecule has 144 valence electrons. The SMILES string of the molecule is Cc1nc(-c2ccccc2)sc1C(=O)N1CCN([C@H]2CCS(=O)(=O)C2)CC1. The van der Waals surface area contributed by atoms with Gasteiger partial charge in [0.05, 0.1) is 17.2 Å². The lowest BCUT2D eigenvalue weighted by Gasteiger charge is -2.37. The maximum absolute atomic E-state index is 13.0. The van der Waals surface area contributed by atoms with Gasteiger partial charge in [0.1, 0.15) is 9.88 Å². The zero-order valence-corrected chi connectivity index (χ0v) is 16.9. The number of piperazine rings is 1. The second-order valence-corrected chi connectivity index (χ2v) is 10.4. The normalized spacial score (nSPS) is 22.9. The van der Waals surface area contributed by atoms with Gasteiger partial charge in [-0.15, -0.1) is 11.3 Å². The van der Waals surface area contributed by atoms with Crippen molar-refractivity contribution in [3.63, 3.8) is 0 Å². The van der Waals surface area contributed by atoms with Gasteiger partial charge >= 0.3 is 0 Å². The first-order chi connectivity index (χ1) is 12.9. The summed E-state index contributed by atoms with van der Waals surface area (Å²) in [5.74, 6) is 0.583. The van der Waals surface area contributed by atoms with Gasteiger partial charge in [-0.25, -0.2) is 13.4 Å². The minimum atomic E-state index is -2.88. The first-order valence-electron chi connectivity index (χ1n) is 9.19. The summed E-state index contributed by atoms with van der Waals surface area (Å²) in [6.07, 6.45) is 0.713. The molecule has 0 unspecified atom stereocenters. The van der Waals surface area contributed by atoms with Crippen LogP contribution in [0.5, 0.6) is 0 Å². The quantitative estimate of drug-likeness (QED) is 0.782. The summed E-state index contributed by atoms with van der Waals surface area (Å²) in [5.41, 5.74) is 1.80. The maximum atomic E-state index is 13.0. The van der Waals surface area contributed by atoms with Crippen molar-refractivity contribution in [2.45, 2.75) is 19.4 Å². The van der Waals surface area contributed by atoms with E-state index in [2.05, 4.69) is 9.88 Å². The highest BCUT2D eigenvalue weighted by Crippen LogP contribution is 2.29. The number of carbonyl (C=O) groups is 1. The van der Waals surface area contributed by atoms with Crippen LogP contribution in [0.3, 0.4) is 0 Å². The van der Waals surface area contributed by atoms with Crippen molar-refractivity contribution in [1.82, 2.24) is 14.8 Å². The Morgan fingerprint density at radius 3 is 2.48 bits per heavy atom. The van der Waals surface area contributed by atoms with Crippen molar-refractivity contribution in [3.8, 4) is 10.6 Å². The zero-order valence-electron chi connectivity index (χ0n) is 15.3. The number of carbonyl (C=O) groups excluding carboxylic acids is 1. The molecule has 1 aromatic carbocycles. The van der Waals surface area contributed by atoms with Gasteiger partial charge in [0, 0.05) is 37.8 Å². The molecule has 2 aliphatic rings. The predicted molar refractivity (Wildman–Crippen MR) is 107 cm³/mol. The molecule has 0 N–H and O–H groups in total. The topological polar surface area (TPSA) is 70.6 Å². The van der Waals surface area contributed by atoms with Gasteiger partial charge in [-0.1, -0.05) is 30.3 Å². The van der Waals surface area contributed by atoms with Crippen LogP contribution in [-0.2, 0) is 9.84 Å². The fourth-order valence-corrected chi connectivity index (χ4v) is 6.60. The van der Waals surface area contributed by atoms with E-state index < -0.39 is 9.84 Å². The molecule has 3 heterocycles. The van der Waals surface area contributed by atoms with Crippen LogP contribution in [0.4, 0.5) is 0 Å². The number of thiazole rings is 1. The second kappa shape index (κ2) is 7.33. The fourth-order valence-electron chi connectivity index (χ4n) is 3.80. The van der Waals surface area contributed by atoms with Crippen molar-refractivity contribution in [1.29, 1.82) is 0 Å². The highest BCUT2D eigenvalue weighted by molar-refractivity contribution is 7.91. The molecule has 4 rings (SSSR count). The lowest BCUT2D eigenvalue weighted by Crippen LogP contribution is -2.52. The Bertz CT molecular complexity index is 932. The van der Waals surface area contributed by atoms with Crippen molar-refractivity contribution in [2.24, 2.45) is 0 Å². The van der Waals surface area contributed by atoms with E-state index in [1.54, 1.807) is 0 Å². The molecular formula is C19H23N3O3S2. The van der Waals surface area contributed by atoms with Crippen LogP contribution in [0.25, 0.3) is 10.6 Å². The Kier molecular flexibility index (Phi) is 5.05.